The number of thiazole rings is 1. The molecule has 2 aliphatic rings. The molecule has 0 radical (unpaired) electrons. The van der Waals surface area contributed by atoms with E-state index in [-0.39, 0.29) is 5.91 Å². The standard InChI is InChI=1S/C28H24N4O3S/c33-27(31-12-10-30(11-13-31)16-19-6-9-24-25(14-19)35-18-34-24)21-7-8-23-26(15-21)36-28-29-22(17-32(23)28)20-4-2-1-3-5-20/h1-9,14-15,17H,10-13,16,18H2. The van der Waals surface area contributed by atoms with E-state index in [0.29, 0.717) is 6.79 Å². The third kappa shape index (κ3) is 3.79. The molecule has 5 aromatic rings. The second-order valence-electron chi connectivity index (χ2n) is 9.19. The number of hydrogen-bond donors (Lipinski definition) is 0. The summed E-state index contributed by atoms with van der Waals surface area (Å²) in [4.78, 5) is 23.4. The minimum atomic E-state index is 0.0932. The summed E-state index contributed by atoms with van der Waals surface area (Å²) in [6.07, 6.45) is 2.07. The Morgan fingerprint density at radius 2 is 1.75 bits per heavy atom. The zero-order chi connectivity index (χ0) is 24.1. The number of piperazine rings is 1. The van der Waals surface area contributed by atoms with Crippen molar-refractivity contribution >= 4 is 32.4 Å². The molecule has 0 aliphatic carbocycles. The zero-order valence-electron chi connectivity index (χ0n) is 19.6. The van der Waals surface area contributed by atoms with Crippen molar-refractivity contribution in [3.8, 4) is 22.8 Å². The third-order valence-corrected chi connectivity index (χ3v) is 7.93. The lowest BCUT2D eigenvalue weighted by atomic mass is 10.1. The van der Waals surface area contributed by atoms with Gasteiger partial charge in [-0.2, -0.15) is 0 Å². The summed E-state index contributed by atoms with van der Waals surface area (Å²) < 4.78 is 14.1. The van der Waals surface area contributed by atoms with E-state index >= 15 is 0 Å². The van der Waals surface area contributed by atoms with E-state index in [9.17, 15) is 4.79 Å². The predicted molar refractivity (Wildman–Crippen MR) is 140 cm³/mol. The number of nitrogens with zero attached hydrogens (tertiary/aromatic N) is 4. The number of amides is 1. The molecule has 0 bridgehead atoms. The molecule has 7 rings (SSSR count). The summed E-state index contributed by atoms with van der Waals surface area (Å²) >= 11 is 1.62. The van der Waals surface area contributed by atoms with Gasteiger partial charge in [0.05, 0.1) is 15.9 Å². The SMILES string of the molecule is O=C(c1ccc2c(c1)sc1nc(-c3ccccc3)cn12)N1CCN(Cc2ccc3c(c2)OCO3)CC1. The smallest absolute Gasteiger partial charge is 0.253 e. The monoisotopic (exact) mass is 496 g/mol. The lowest BCUT2D eigenvalue weighted by Gasteiger charge is -2.34. The number of ether oxygens (including phenoxy) is 2. The van der Waals surface area contributed by atoms with Gasteiger partial charge in [-0.15, -0.1) is 0 Å². The largest absolute Gasteiger partial charge is 0.454 e. The zero-order valence-corrected chi connectivity index (χ0v) is 20.4. The van der Waals surface area contributed by atoms with Crippen LogP contribution in [0.1, 0.15) is 15.9 Å². The maximum atomic E-state index is 13.3. The Balaban J connectivity index is 1.04. The summed E-state index contributed by atoms with van der Waals surface area (Å²) in [7, 11) is 0. The van der Waals surface area contributed by atoms with Crippen LogP contribution in [0.5, 0.6) is 11.5 Å². The Morgan fingerprint density at radius 3 is 2.61 bits per heavy atom. The molecule has 2 aromatic heterocycles. The Bertz CT molecular complexity index is 1590. The van der Waals surface area contributed by atoms with Gasteiger partial charge in [-0.05, 0) is 35.9 Å². The van der Waals surface area contributed by atoms with Gasteiger partial charge in [-0.1, -0.05) is 47.7 Å². The van der Waals surface area contributed by atoms with Crippen LogP contribution < -0.4 is 9.47 Å². The first kappa shape index (κ1) is 21.4. The lowest BCUT2D eigenvalue weighted by molar-refractivity contribution is 0.0628. The summed E-state index contributed by atoms with van der Waals surface area (Å²) in [6.45, 7) is 4.25. The van der Waals surface area contributed by atoms with Crippen molar-refractivity contribution in [1.29, 1.82) is 0 Å². The molecule has 2 aliphatic heterocycles. The number of hydrogen-bond acceptors (Lipinski definition) is 6. The lowest BCUT2D eigenvalue weighted by Crippen LogP contribution is -2.48. The molecule has 0 unspecified atom stereocenters. The average Bonchev–Trinajstić information content (AvgIpc) is 3.63. The Hall–Kier alpha value is -3.88. The fourth-order valence-corrected chi connectivity index (χ4v) is 6.02. The van der Waals surface area contributed by atoms with Crippen molar-refractivity contribution in [2.24, 2.45) is 0 Å². The van der Waals surface area contributed by atoms with Crippen molar-refractivity contribution in [2.75, 3.05) is 33.0 Å². The Kier molecular flexibility index (Phi) is 5.15. The third-order valence-electron chi connectivity index (χ3n) is 6.91. The normalized spacial score (nSPS) is 15.7. The number of carbonyl (C=O) groups is 1. The van der Waals surface area contributed by atoms with Crippen LogP contribution >= 0.6 is 11.3 Å². The number of carbonyl (C=O) groups excluding carboxylic acids is 1. The number of imidazole rings is 1. The van der Waals surface area contributed by atoms with Crippen molar-refractivity contribution in [1.82, 2.24) is 19.2 Å². The maximum Gasteiger partial charge on any atom is 0.253 e. The van der Waals surface area contributed by atoms with Gasteiger partial charge in [0, 0.05) is 50.0 Å². The molecule has 0 atom stereocenters. The second-order valence-corrected chi connectivity index (χ2v) is 10.2. The fourth-order valence-electron chi connectivity index (χ4n) is 4.97. The quantitative estimate of drug-likeness (QED) is 0.354. The molecular weight excluding hydrogens is 472 g/mol. The van der Waals surface area contributed by atoms with Gasteiger partial charge in [-0.25, -0.2) is 4.98 Å². The molecule has 0 saturated carbocycles. The molecule has 4 heterocycles. The minimum absolute atomic E-state index is 0.0932. The van der Waals surface area contributed by atoms with Gasteiger partial charge in [0.2, 0.25) is 6.79 Å². The van der Waals surface area contributed by atoms with Crippen LogP contribution in [0.25, 0.3) is 26.4 Å². The first-order valence-corrected chi connectivity index (χ1v) is 12.9. The van der Waals surface area contributed by atoms with E-state index in [4.69, 9.17) is 14.5 Å². The second kappa shape index (κ2) is 8.65. The van der Waals surface area contributed by atoms with E-state index in [1.807, 2.05) is 47.4 Å². The van der Waals surface area contributed by atoms with Crippen LogP contribution in [-0.2, 0) is 6.54 Å². The highest BCUT2D eigenvalue weighted by Gasteiger charge is 2.23. The Labute approximate surface area is 212 Å². The summed E-state index contributed by atoms with van der Waals surface area (Å²) in [6, 6.07) is 22.3. The van der Waals surface area contributed by atoms with Crippen LogP contribution in [0.4, 0.5) is 0 Å². The van der Waals surface area contributed by atoms with E-state index in [1.54, 1.807) is 11.3 Å². The summed E-state index contributed by atoms with van der Waals surface area (Å²) in [5.41, 5.74) is 5.07. The van der Waals surface area contributed by atoms with Gasteiger partial charge < -0.3 is 14.4 Å². The highest BCUT2D eigenvalue weighted by atomic mass is 32.1. The average molecular weight is 497 g/mol. The molecule has 7 nitrogen and oxygen atoms in total. The number of benzene rings is 3. The van der Waals surface area contributed by atoms with Crippen LogP contribution in [0.15, 0.2) is 72.9 Å². The van der Waals surface area contributed by atoms with Crippen molar-refractivity contribution in [3.63, 3.8) is 0 Å². The van der Waals surface area contributed by atoms with E-state index in [2.05, 4.69) is 39.8 Å². The van der Waals surface area contributed by atoms with Crippen LogP contribution in [0.3, 0.4) is 0 Å². The fraction of sp³-hybridized carbons (Fsp3) is 0.214. The van der Waals surface area contributed by atoms with Crippen LogP contribution in [-0.4, -0.2) is 58.1 Å². The van der Waals surface area contributed by atoms with Gasteiger partial charge >= 0.3 is 0 Å². The predicted octanol–water partition coefficient (Wildman–Crippen LogP) is 4.90. The van der Waals surface area contributed by atoms with Gasteiger partial charge in [0.25, 0.3) is 5.91 Å². The van der Waals surface area contributed by atoms with Crippen molar-refractivity contribution < 1.29 is 14.3 Å². The van der Waals surface area contributed by atoms with Crippen LogP contribution in [0, 0.1) is 0 Å². The molecule has 1 fully saturated rings. The van der Waals surface area contributed by atoms with Gasteiger partial charge in [-0.3, -0.25) is 14.1 Å². The maximum absolute atomic E-state index is 13.3. The highest BCUT2D eigenvalue weighted by molar-refractivity contribution is 7.23. The molecule has 1 amide bonds. The van der Waals surface area contributed by atoms with Gasteiger partial charge in [0.1, 0.15) is 0 Å². The van der Waals surface area contributed by atoms with E-state index in [0.717, 1.165) is 76.2 Å². The molecule has 3 aromatic carbocycles. The number of fused-ring (bicyclic) bond motifs is 4. The van der Waals surface area contributed by atoms with Crippen LogP contribution in [0.2, 0.25) is 0 Å². The first-order chi connectivity index (χ1) is 17.7. The molecule has 1 saturated heterocycles. The minimum Gasteiger partial charge on any atom is -0.454 e. The molecule has 0 N–H and O–H groups in total. The van der Waals surface area contributed by atoms with Gasteiger partial charge in [0.15, 0.2) is 16.5 Å². The Morgan fingerprint density at radius 1 is 0.917 bits per heavy atom. The molecule has 0 spiro atoms. The number of rotatable bonds is 4. The van der Waals surface area contributed by atoms with E-state index < -0.39 is 0 Å². The molecule has 180 valence electrons. The summed E-state index contributed by atoms with van der Waals surface area (Å²) in [5.74, 6) is 1.71. The molecule has 36 heavy (non-hydrogen) atoms. The van der Waals surface area contributed by atoms with Crippen molar-refractivity contribution in [2.45, 2.75) is 6.54 Å². The summed E-state index contributed by atoms with van der Waals surface area (Å²) in [5, 5.41) is 0. The number of aromatic nitrogens is 2. The molecular formula is C28H24N4O3S. The highest BCUT2D eigenvalue weighted by Crippen LogP contribution is 2.33. The first-order valence-electron chi connectivity index (χ1n) is 12.1. The molecule has 8 heteroatoms. The van der Waals surface area contributed by atoms with E-state index in [1.165, 1.54) is 5.56 Å². The topological polar surface area (TPSA) is 59.3 Å². The van der Waals surface area contributed by atoms with Crippen molar-refractivity contribution in [3.05, 3.63) is 84.1 Å².